The Morgan fingerprint density at radius 3 is 3.00 bits per heavy atom. The number of hydrogen-bond donors (Lipinski definition) is 1. The highest BCUT2D eigenvalue weighted by atomic mass is 79.9. The van der Waals surface area contributed by atoms with Gasteiger partial charge in [-0.05, 0) is 32.0 Å². The molecule has 1 aliphatic heterocycles. The molecule has 1 saturated heterocycles. The molecule has 2 rings (SSSR count). The van der Waals surface area contributed by atoms with Crippen molar-refractivity contribution in [2.45, 2.75) is 19.4 Å². The van der Waals surface area contributed by atoms with Gasteiger partial charge >= 0.3 is 0 Å². The van der Waals surface area contributed by atoms with Gasteiger partial charge < -0.3 is 10.1 Å². The molecule has 0 amide bonds. The summed E-state index contributed by atoms with van der Waals surface area (Å²) in [6.07, 6.45) is 0. The summed E-state index contributed by atoms with van der Waals surface area (Å²) in [5.41, 5.74) is 1.16. The van der Waals surface area contributed by atoms with Crippen LogP contribution in [0.25, 0.3) is 0 Å². The van der Waals surface area contributed by atoms with Crippen molar-refractivity contribution in [3.63, 3.8) is 0 Å². The molecule has 18 heavy (non-hydrogen) atoms. The van der Waals surface area contributed by atoms with E-state index in [1.807, 2.05) is 12.1 Å². The number of nitrogens with zero attached hydrogens (tertiary/aromatic N) is 1. The van der Waals surface area contributed by atoms with Crippen molar-refractivity contribution in [1.82, 2.24) is 4.90 Å². The second-order valence-corrected chi connectivity index (χ2v) is 6.24. The van der Waals surface area contributed by atoms with Gasteiger partial charge in [-0.1, -0.05) is 22.0 Å². The molecule has 0 bridgehead atoms. The smallest absolute Gasteiger partial charge is 0.0753 e. The molecule has 100 valence electrons. The van der Waals surface area contributed by atoms with E-state index in [1.165, 1.54) is 0 Å². The van der Waals surface area contributed by atoms with Crippen molar-refractivity contribution in [1.29, 1.82) is 0 Å². The van der Waals surface area contributed by atoms with Gasteiger partial charge in [-0.3, -0.25) is 4.90 Å². The molecule has 1 aliphatic rings. The van der Waals surface area contributed by atoms with Gasteiger partial charge in [0, 0.05) is 36.3 Å². The number of rotatable bonds is 4. The van der Waals surface area contributed by atoms with Crippen molar-refractivity contribution in [2.75, 3.05) is 38.1 Å². The van der Waals surface area contributed by atoms with Crippen molar-refractivity contribution < 1.29 is 4.74 Å². The predicted molar refractivity (Wildman–Crippen MR) is 79.1 cm³/mol. The van der Waals surface area contributed by atoms with Crippen molar-refractivity contribution in [3.8, 4) is 0 Å². The maximum Gasteiger partial charge on any atom is 0.0753 e. The molecule has 3 nitrogen and oxygen atoms in total. The van der Waals surface area contributed by atoms with Crippen LogP contribution >= 0.6 is 15.9 Å². The van der Waals surface area contributed by atoms with Gasteiger partial charge in [-0.15, -0.1) is 0 Å². The minimum absolute atomic E-state index is 0.00593. The second kappa shape index (κ2) is 6.04. The molecular formula is C14H21BrN2O. The lowest BCUT2D eigenvalue weighted by molar-refractivity contribution is -0.0848. The molecule has 1 aromatic carbocycles. The summed E-state index contributed by atoms with van der Waals surface area (Å²) < 4.78 is 6.82. The highest BCUT2D eigenvalue weighted by molar-refractivity contribution is 9.10. The van der Waals surface area contributed by atoms with Gasteiger partial charge in [-0.2, -0.15) is 0 Å². The fourth-order valence-corrected chi connectivity index (χ4v) is 2.66. The third-order valence-corrected chi connectivity index (χ3v) is 3.58. The van der Waals surface area contributed by atoms with Gasteiger partial charge in [0.15, 0.2) is 0 Å². The normalized spacial score (nSPS) is 19.7. The lowest BCUT2D eigenvalue weighted by Gasteiger charge is -2.38. The zero-order chi connectivity index (χ0) is 13.0. The van der Waals surface area contributed by atoms with Crippen LogP contribution < -0.4 is 5.32 Å². The highest BCUT2D eigenvalue weighted by Gasteiger charge is 2.26. The van der Waals surface area contributed by atoms with Crippen molar-refractivity contribution in [2.24, 2.45) is 0 Å². The minimum atomic E-state index is -0.00593. The molecule has 0 spiro atoms. The Balaban J connectivity index is 1.75. The molecule has 1 aromatic rings. The Bertz CT molecular complexity index is 395. The summed E-state index contributed by atoms with van der Waals surface area (Å²) in [6.45, 7) is 9.20. The average Bonchev–Trinajstić information content (AvgIpc) is 2.28. The third kappa shape index (κ3) is 4.26. The van der Waals surface area contributed by atoms with Gasteiger partial charge in [0.1, 0.15) is 0 Å². The first kappa shape index (κ1) is 13.8. The van der Waals surface area contributed by atoms with E-state index in [1.54, 1.807) is 0 Å². The number of benzene rings is 1. The van der Waals surface area contributed by atoms with Gasteiger partial charge in [-0.25, -0.2) is 0 Å². The molecule has 1 heterocycles. The van der Waals surface area contributed by atoms with Crippen LogP contribution in [0.15, 0.2) is 28.7 Å². The van der Waals surface area contributed by atoms with Crippen LogP contribution in [0.5, 0.6) is 0 Å². The molecule has 0 aromatic heterocycles. The van der Waals surface area contributed by atoms with E-state index >= 15 is 0 Å². The van der Waals surface area contributed by atoms with Crippen LogP contribution in [0.1, 0.15) is 13.8 Å². The van der Waals surface area contributed by atoms with Crippen LogP contribution in [-0.4, -0.2) is 43.3 Å². The molecule has 1 N–H and O–H groups in total. The number of hydrogen-bond acceptors (Lipinski definition) is 3. The first-order valence-corrected chi connectivity index (χ1v) is 7.20. The minimum Gasteiger partial charge on any atom is -0.384 e. The van der Waals surface area contributed by atoms with E-state index in [-0.39, 0.29) is 5.60 Å². The summed E-state index contributed by atoms with van der Waals surface area (Å²) in [5.74, 6) is 0. The first-order valence-electron chi connectivity index (χ1n) is 6.41. The topological polar surface area (TPSA) is 24.5 Å². The Hall–Kier alpha value is -0.580. The average molecular weight is 313 g/mol. The molecule has 0 atom stereocenters. The number of halogens is 1. The van der Waals surface area contributed by atoms with E-state index in [9.17, 15) is 0 Å². The fraction of sp³-hybridized carbons (Fsp3) is 0.571. The number of morpholine rings is 1. The van der Waals surface area contributed by atoms with E-state index in [4.69, 9.17) is 4.74 Å². The molecular weight excluding hydrogens is 292 g/mol. The largest absolute Gasteiger partial charge is 0.384 e. The van der Waals surface area contributed by atoms with Crippen LogP contribution in [-0.2, 0) is 4.74 Å². The summed E-state index contributed by atoms with van der Waals surface area (Å²) in [4.78, 5) is 2.45. The van der Waals surface area contributed by atoms with Gasteiger partial charge in [0.25, 0.3) is 0 Å². The number of anilines is 1. The van der Waals surface area contributed by atoms with Crippen LogP contribution in [0, 0.1) is 0 Å². The van der Waals surface area contributed by atoms with Crippen LogP contribution in [0.2, 0.25) is 0 Å². The first-order chi connectivity index (χ1) is 8.55. The third-order valence-electron chi connectivity index (χ3n) is 3.09. The molecule has 0 saturated carbocycles. The standard InChI is InChI=1S/C14H21BrN2O/c1-14(2)11-17(8-9-18-14)7-6-16-13-5-3-4-12(15)10-13/h3-5,10,16H,6-9,11H2,1-2H3. The summed E-state index contributed by atoms with van der Waals surface area (Å²) in [6, 6.07) is 8.28. The van der Waals surface area contributed by atoms with E-state index < -0.39 is 0 Å². The zero-order valence-corrected chi connectivity index (χ0v) is 12.7. The Morgan fingerprint density at radius 1 is 1.44 bits per heavy atom. The molecule has 4 heteroatoms. The Kier molecular flexibility index (Phi) is 4.65. The van der Waals surface area contributed by atoms with Crippen LogP contribution in [0.4, 0.5) is 5.69 Å². The van der Waals surface area contributed by atoms with Crippen molar-refractivity contribution >= 4 is 21.6 Å². The molecule has 1 fully saturated rings. The Labute approximate surface area is 118 Å². The fourth-order valence-electron chi connectivity index (χ4n) is 2.26. The summed E-state index contributed by atoms with van der Waals surface area (Å²) in [7, 11) is 0. The summed E-state index contributed by atoms with van der Waals surface area (Å²) >= 11 is 3.48. The number of nitrogens with one attached hydrogen (secondary N) is 1. The monoisotopic (exact) mass is 312 g/mol. The maximum absolute atomic E-state index is 5.71. The Morgan fingerprint density at radius 2 is 2.28 bits per heavy atom. The number of ether oxygens (including phenoxy) is 1. The summed E-state index contributed by atoms with van der Waals surface area (Å²) in [5, 5.41) is 3.45. The van der Waals surface area contributed by atoms with Crippen molar-refractivity contribution in [3.05, 3.63) is 28.7 Å². The zero-order valence-electron chi connectivity index (χ0n) is 11.1. The molecule has 0 radical (unpaired) electrons. The second-order valence-electron chi connectivity index (χ2n) is 5.32. The van der Waals surface area contributed by atoms with E-state index in [0.29, 0.717) is 0 Å². The quantitative estimate of drug-likeness (QED) is 0.925. The van der Waals surface area contributed by atoms with Gasteiger partial charge in [0.05, 0.1) is 12.2 Å². The lowest BCUT2D eigenvalue weighted by Crippen LogP contribution is -2.49. The highest BCUT2D eigenvalue weighted by Crippen LogP contribution is 2.17. The predicted octanol–water partition coefficient (Wildman–Crippen LogP) is 2.97. The van der Waals surface area contributed by atoms with E-state index in [2.05, 4.69) is 52.1 Å². The maximum atomic E-state index is 5.71. The SMILES string of the molecule is CC1(C)CN(CCNc2cccc(Br)c2)CCO1. The molecule has 0 aliphatic carbocycles. The van der Waals surface area contributed by atoms with Gasteiger partial charge in [0.2, 0.25) is 0 Å². The molecule has 0 unspecified atom stereocenters. The van der Waals surface area contributed by atoms with Crippen LogP contribution in [0.3, 0.4) is 0 Å². The van der Waals surface area contributed by atoms with E-state index in [0.717, 1.165) is 42.9 Å². The lowest BCUT2D eigenvalue weighted by atomic mass is 10.1.